The van der Waals surface area contributed by atoms with Gasteiger partial charge < -0.3 is 9.13 Å². The summed E-state index contributed by atoms with van der Waals surface area (Å²) in [6.07, 6.45) is 3.50. The van der Waals surface area contributed by atoms with Crippen molar-refractivity contribution in [1.82, 2.24) is 19.1 Å². The van der Waals surface area contributed by atoms with E-state index in [-0.39, 0.29) is 0 Å². The molecule has 0 aliphatic rings. The zero-order valence-corrected chi connectivity index (χ0v) is 21.5. The molecule has 0 aliphatic carbocycles. The van der Waals surface area contributed by atoms with Crippen LogP contribution >= 0.6 is 0 Å². The SMILES string of the molecule is c1ccc(-n2c3ccc4ccccc4c3c3ccc4c(c5ccccc5n4-c4ccc5nccnc5c4)c32)cc1. The molecule has 0 saturated carbocycles. The molecule has 9 rings (SSSR count). The Morgan fingerprint density at radius 1 is 0.425 bits per heavy atom. The summed E-state index contributed by atoms with van der Waals surface area (Å²) >= 11 is 0. The molecular weight excluding hydrogens is 488 g/mol. The fourth-order valence-electron chi connectivity index (χ4n) is 6.54. The Hall–Kier alpha value is -5.48. The lowest BCUT2D eigenvalue weighted by atomic mass is 10.0. The van der Waals surface area contributed by atoms with E-state index >= 15 is 0 Å². The van der Waals surface area contributed by atoms with Crippen molar-refractivity contribution in [1.29, 1.82) is 0 Å². The molecule has 0 fully saturated rings. The molecule has 0 aliphatic heterocycles. The van der Waals surface area contributed by atoms with E-state index in [0.29, 0.717) is 0 Å². The molecule has 0 saturated heterocycles. The molecule has 0 N–H and O–H groups in total. The maximum atomic E-state index is 4.59. The smallest absolute Gasteiger partial charge is 0.0907 e. The van der Waals surface area contributed by atoms with E-state index in [1.54, 1.807) is 12.4 Å². The van der Waals surface area contributed by atoms with Crippen LogP contribution in [-0.4, -0.2) is 19.1 Å². The van der Waals surface area contributed by atoms with Crippen molar-refractivity contribution in [3.8, 4) is 11.4 Å². The molecule has 3 heterocycles. The number of hydrogen-bond acceptors (Lipinski definition) is 2. The third-order valence-electron chi connectivity index (χ3n) is 8.18. The van der Waals surface area contributed by atoms with Crippen LogP contribution in [0.25, 0.3) is 76.8 Å². The van der Waals surface area contributed by atoms with Gasteiger partial charge in [0.05, 0.1) is 33.1 Å². The maximum Gasteiger partial charge on any atom is 0.0907 e. The summed E-state index contributed by atoms with van der Waals surface area (Å²) in [5.74, 6) is 0. The van der Waals surface area contributed by atoms with Gasteiger partial charge in [-0.15, -0.1) is 0 Å². The summed E-state index contributed by atoms with van der Waals surface area (Å²) in [4.78, 5) is 9.08. The van der Waals surface area contributed by atoms with E-state index in [2.05, 4.69) is 140 Å². The summed E-state index contributed by atoms with van der Waals surface area (Å²) in [6, 6.07) is 43.6. The molecule has 0 unspecified atom stereocenters. The average molecular weight is 511 g/mol. The Bertz CT molecular complexity index is 2430. The summed E-state index contributed by atoms with van der Waals surface area (Å²) in [5.41, 5.74) is 8.79. The first-order valence-electron chi connectivity index (χ1n) is 13.5. The largest absolute Gasteiger partial charge is 0.309 e. The van der Waals surface area contributed by atoms with Gasteiger partial charge in [0.25, 0.3) is 0 Å². The second-order valence-electron chi connectivity index (χ2n) is 10.3. The van der Waals surface area contributed by atoms with E-state index in [1.807, 2.05) is 0 Å². The number of hydrogen-bond donors (Lipinski definition) is 0. The molecule has 0 atom stereocenters. The summed E-state index contributed by atoms with van der Waals surface area (Å²) in [5, 5.41) is 7.55. The van der Waals surface area contributed by atoms with Crippen molar-refractivity contribution in [3.05, 3.63) is 134 Å². The Labute approximate surface area is 229 Å². The fourth-order valence-corrected chi connectivity index (χ4v) is 6.54. The van der Waals surface area contributed by atoms with Gasteiger partial charge in [-0.25, -0.2) is 0 Å². The van der Waals surface area contributed by atoms with Crippen LogP contribution in [0, 0.1) is 0 Å². The molecule has 4 heteroatoms. The van der Waals surface area contributed by atoms with Gasteiger partial charge in [-0.2, -0.15) is 0 Å². The zero-order valence-electron chi connectivity index (χ0n) is 21.5. The van der Waals surface area contributed by atoms with Gasteiger partial charge in [0.15, 0.2) is 0 Å². The molecular formula is C36H22N4. The van der Waals surface area contributed by atoms with Crippen LogP contribution < -0.4 is 0 Å². The van der Waals surface area contributed by atoms with E-state index in [4.69, 9.17) is 0 Å². The van der Waals surface area contributed by atoms with E-state index in [0.717, 1.165) is 22.4 Å². The van der Waals surface area contributed by atoms with Gasteiger partial charge in [-0.3, -0.25) is 9.97 Å². The number of aromatic nitrogens is 4. The van der Waals surface area contributed by atoms with Gasteiger partial charge in [-0.1, -0.05) is 72.8 Å². The first-order chi connectivity index (χ1) is 19.9. The minimum atomic E-state index is 0.886. The first-order valence-corrected chi connectivity index (χ1v) is 13.5. The van der Waals surface area contributed by atoms with Crippen molar-refractivity contribution in [2.45, 2.75) is 0 Å². The van der Waals surface area contributed by atoms with E-state index in [9.17, 15) is 0 Å². The van der Waals surface area contributed by atoms with Crippen LogP contribution in [0.5, 0.6) is 0 Å². The lowest BCUT2D eigenvalue weighted by Crippen LogP contribution is -1.96. The van der Waals surface area contributed by atoms with Crippen molar-refractivity contribution < 1.29 is 0 Å². The number of rotatable bonds is 2. The van der Waals surface area contributed by atoms with Crippen molar-refractivity contribution >= 4 is 65.4 Å². The molecule has 186 valence electrons. The number of nitrogens with zero attached hydrogens (tertiary/aromatic N) is 4. The van der Waals surface area contributed by atoms with Crippen molar-refractivity contribution in [2.75, 3.05) is 0 Å². The van der Waals surface area contributed by atoms with Crippen molar-refractivity contribution in [3.63, 3.8) is 0 Å². The van der Waals surface area contributed by atoms with Gasteiger partial charge in [-0.05, 0) is 59.3 Å². The minimum absolute atomic E-state index is 0.886. The molecule has 3 aromatic heterocycles. The van der Waals surface area contributed by atoms with E-state index < -0.39 is 0 Å². The second kappa shape index (κ2) is 8.01. The van der Waals surface area contributed by atoms with E-state index in [1.165, 1.54) is 54.4 Å². The third kappa shape index (κ3) is 2.85. The van der Waals surface area contributed by atoms with Crippen LogP contribution in [0.1, 0.15) is 0 Å². The third-order valence-corrected chi connectivity index (χ3v) is 8.18. The minimum Gasteiger partial charge on any atom is -0.309 e. The predicted molar refractivity (Wildman–Crippen MR) is 166 cm³/mol. The highest BCUT2D eigenvalue weighted by Crippen LogP contribution is 2.43. The molecule has 0 radical (unpaired) electrons. The number of benzene rings is 6. The zero-order chi connectivity index (χ0) is 26.2. The second-order valence-corrected chi connectivity index (χ2v) is 10.3. The first kappa shape index (κ1) is 21.5. The van der Waals surface area contributed by atoms with Crippen LogP contribution in [0.4, 0.5) is 0 Å². The Kier molecular flexibility index (Phi) is 4.30. The Balaban J connectivity index is 1.52. The molecule has 0 spiro atoms. The van der Waals surface area contributed by atoms with Gasteiger partial charge in [0.2, 0.25) is 0 Å². The lowest BCUT2D eigenvalue weighted by molar-refractivity contribution is 1.17. The topological polar surface area (TPSA) is 35.6 Å². The van der Waals surface area contributed by atoms with Crippen LogP contribution in [0.15, 0.2) is 134 Å². The number of para-hydroxylation sites is 2. The maximum absolute atomic E-state index is 4.59. The quantitative estimate of drug-likeness (QED) is 0.233. The van der Waals surface area contributed by atoms with Crippen molar-refractivity contribution in [2.24, 2.45) is 0 Å². The fraction of sp³-hybridized carbons (Fsp3) is 0. The molecule has 0 bridgehead atoms. The summed E-state index contributed by atoms with van der Waals surface area (Å²) in [7, 11) is 0. The van der Waals surface area contributed by atoms with Crippen LogP contribution in [-0.2, 0) is 0 Å². The highest BCUT2D eigenvalue weighted by Gasteiger charge is 2.21. The Morgan fingerprint density at radius 2 is 1.15 bits per heavy atom. The van der Waals surface area contributed by atoms with Gasteiger partial charge in [0.1, 0.15) is 0 Å². The summed E-state index contributed by atoms with van der Waals surface area (Å²) < 4.78 is 4.81. The molecule has 40 heavy (non-hydrogen) atoms. The molecule has 9 aromatic rings. The van der Waals surface area contributed by atoms with Gasteiger partial charge in [0, 0.05) is 45.3 Å². The standard InChI is InChI=1S/C36H22N4/c1-2-9-24(10-3-1)40-32-18-14-23-8-4-5-11-26(23)34(32)28-16-19-33-35(36(28)40)27-12-6-7-13-31(27)39(33)25-15-17-29-30(22-25)38-21-20-37-29/h1-22H. The molecule has 0 amide bonds. The average Bonchev–Trinajstić information content (AvgIpc) is 3.54. The summed E-state index contributed by atoms with van der Waals surface area (Å²) in [6.45, 7) is 0. The van der Waals surface area contributed by atoms with Crippen LogP contribution in [0.3, 0.4) is 0 Å². The monoisotopic (exact) mass is 510 g/mol. The highest BCUT2D eigenvalue weighted by atomic mass is 15.0. The Morgan fingerprint density at radius 3 is 2.05 bits per heavy atom. The molecule has 4 nitrogen and oxygen atoms in total. The molecule has 6 aromatic carbocycles. The van der Waals surface area contributed by atoms with Crippen LogP contribution in [0.2, 0.25) is 0 Å². The highest BCUT2D eigenvalue weighted by molar-refractivity contribution is 6.30. The predicted octanol–water partition coefficient (Wildman–Crippen LogP) is 8.98. The lowest BCUT2D eigenvalue weighted by Gasteiger charge is -2.10. The normalized spacial score (nSPS) is 12.0. The number of fused-ring (bicyclic) bond motifs is 10. The van der Waals surface area contributed by atoms with Gasteiger partial charge >= 0.3 is 0 Å².